The third-order valence-corrected chi connectivity index (χ3v) is 5.04. The van der Waals surface area contributed by atoms with E-state index in [-0.39, 0.29) is 18.1 Å². The molecule has 3 rings (SSSR count). The number of aryl methyl sites for hydroxylation is 1. The first kappa shape index (κ1) is 14.6. The number of carbonyl (C=O) groups excluding carboxylic acids is 1. The van der Waals surface area contributed by atoms with Crippen LogP contribution in [0.25, 0.3) is 0 Å². The number of nitrogens with zero attached hydrogens (tertiary/aromatic N) is 1. The molecule has 1 aliphatic carbocycles. The van der Waals surface area contributed by atoms with Crippen LogP contribution in [-0.4, -0.2) is 23.4 Å². The van der Waals surface area contributed by atoms with Gasteiger partial charge in [-0.3, -0.25) is 10.1 Å². The van der Waals surface area contributed by atoms with Gasteiger partial charge in [0.25, 0.3) is 0 Å². The lowest BCUT2D eigenvalue weighted by Gasteiger charge is -2.31. The molecule has 1 saturated heterocycles. The summed E-state index contributed by atoms with van der Waals surface area (Å²) in [7, 11) is 0. The van der Waals surface area contributed by atoms with Crippen molar-refractivity contribution in [3.63, 3.8) is 0 Å². The minimum absolute atomic E-state index is 0.0515. The lowest BCUT2D eigenvalue weighted by molar-refractivity contribution is -0.130. The van der Waals surface area contributed by atoms with Crippen LogP contribution in [0, 0.1) is 12.8 Å². The van der Waals surface area contributed by atoms with Gasteiger partial charge >= 0.3 is 0 Å². The Kier molecular flexibility index (Phi) is 4.29. The topological polar surface area (TPSA) is 32.3 Å². The Hall–Kier alpha value is -1.35. The minimum Gasteiger partial charge on any atom is -0.321 e. The fraction of sp³-hybridized carbons (Fsp3) is 0.611. The number of hydrogen-bond donors (Lipinski definition) is 1. The summed E-state index contributed by atoms with van der Waals surface area (Å²) in [6, 6.07) is 8.33. The van der Waals surface area contributed by atoms with Gasteiger partial charge in [-0.2, -0.15) is 0 Å². The summed E-state index contributed by atoms with van der Waals surface area (Å²) in [5.74, 6) is 0.940. The molecule has 0 spiro atoms. The van der Waals surface area contributed by atoms with Crippen LogP contribution in [-0.2, 0) is 4.79 Å². The number of amides is 1. The highest BCUT2D eigenvalue weighted by Gasteiger charge is 2.38. The molecule has 1 saturated carbocycles. The second-order valence-electron chi connectivity index (χ2n) is 6.64. The third kappa shape index (κ3) is 2.98. The number of nitrogens with one attached hydrogen (secondary N) is 1. The molecule has 1 aliphatic heterocycles. The fourth-order valence-corrected chi connectivity index (χ4v) is 3.77. The Morgan fingerprint density at radius 2 is 1.90 bits per heavy atom. The molecule has 3 nitrogen and oxygen atoms in total. The van der Waals surface area contributed by atoms with Gasteiger partial charge in [-0.15, -0.1) is 0 Å². The van der Waals surface area contributed by atoms with E-state index in [2.05, 4.69) is 41.4 Å². The Morgan fingerprint density at radius 3 is 2.62 bits per heavy atom. The van der Waals surface area contributed by atoms with Gasteiger partial charge in [0.2, 0.25) is 5.91 Å². The van der Waals surface area contributed by atoms with Gasteiger partial charge in [0.1, 0.15) is 6.17 Å². The molecular formula is C18H26N2O. The van der Waals surface area contributed by atoms with Crippen molar-refractivity contribution in [3.8, 4) is 0 Å². The zero-order valence-corrected chi connectivity index (χ0v) is 13.1. The average Bonchev–Trinajstić information content (AvgIpc) is 2.77. The van der Waals surface area contributed by atoms with Gasteiger partial charge in [-0.25, -0.2) is 0 Å². The van der Waals surface area contributed by atoms with Gasteiger partial charge in [-0.1, -0.05) is 43.5 Å². The van der Waals surface area contributed by atoms with Gasteiger partial charge in [0.05, 0.1) is 6.04 Å². The molecule has 1 amide bonds. The van der Waals surface area contributed by atoms with Crippen molar-refractivity contribution in [1.29, 1.82) is 0 Å². The van der Waals surface area contributed by atoms with Crippen molar-refractivity contribution >= 4 is 5.91 Å². The van der Waals surface area contributed by atoms with Crippen LogP contribution < -0.4 is 5.32 Å². The number of carbonyl (C=O) groups is 1. The maximum Gasteiger partial charge on any atom is 0.241 e. The smallest absolute Gasteiger partial charge is 0.241 e. The summed E-state index contributed by atoms with van der Waals surface area (Å²) in [4.78, 5) is 14.6. The van der Waals surface area contributed by atoms with Crippen molar-refractivity contribution in [2.45, 2.75) is 58.2 Å². The summed E-state index contributed by atoms with van der Waals surface area (Å²) in [6.45, 7) is 5.02. The van der Waals surface area contributed by atoms with Gasteiger partial charge in [0, 0.05) is 6.54 Å². The first-order valence-electron chi connectivity index (χ1n) is 8.29. The summed E-state index contributed by atoms with van der Waals surface area (Å²) in [5.41, 5.74) is 2.50. The lowest BCUT2D eigenvalue weighted by Crippen LogP contribution is -2.36. The van der Waals surface area contributed by atoms with Crippen LogP contribution in [0.2, 0.25) is 0 Å². The molecule has 0 aromatic heterocycles. The molecule has 1 heterocycles. The maximum atomic E-state index is 12.5. The predicted octanol–water partition coefficient (Wildman–Crippen LogP) is 3.39. The molecule has 0 radical (unpaired) electrons. The van der Waals surface area contributed by atoms with Crippen LogP contribution >= 0.6 is 0 Å². The van der Waals surface area contributed by atoms with Crippen LogP contribution in [0.1, 0.15) is 56.3 Å². The van der Waals surface area contributed by atoms with Crippen LogP contribution in [0.4, 0.5) is 0 Å². The molecule has 1 N–H and O–H groups in total. The van der Waals surface area contributed by atoms with Crippen molar-refractivity contribution in [2.24, 2.45) is 5.92 Å². The first-order valence-corrected chi connectivity index (χ1v) is 8.29. The summed E-state index contributed by atoms with van der Waals surface area (Å²) in [6.07, 6.45) is 6.61. The second-order valence-corrected chi connectivity index (χ2v) is 6.64. The third-order valence-electron chi connectivity index (χ3n) is 5.04. The first-order chi connectivity index (χ1) is 10.2. The van der Waals surface area contributed by atoms with E-state index in [0.717, 1.165) is 6.54 Å². The molecule has 2 fully saturated rings. The quantitative estimate of drug-likeness (QED) is 0.923. The summed E-state index contributed by atoms with van der Waals surface area (Å²) >= 11 is 0. The van der Waals surface area contributed by atoms with Crippen molar-refractivity contribution in [1.82, 2.24) is 10.2 Å². The molecule has 114 valence electrons. The van der Waals surface area contributed by atoms with E-state index in [1.54, 1.807) is 0 Å². The standard InChI is InChI=1S/C18H26N2O/c1-13-8-6-7-11-16(13)17-19-14(2)18(21)20(17)12-15-9-4-3-5-10-15/h6-8,11,14-15,17,19H,3-5,9-10,12H2,1-2H3. The van der Waals surface area contributed by atoms with Crippen molar-refractivity contribution in [2.75, 3.05) is 6.54 Å². The Balaban J connectivity index is 1.81. The highest BCUT2D eigenvalue weighted by atomic mass is 16.2. The van der Waals surface area contributed by atoms with Gasteiger partial charge in [-0.05, 0) is 43.7 Å². The maximum absolute atomic E-state index is 12.5. The molecule has 21 heavy (non-hydrogen) atoms. The van der Waals surface area contributed by atoms with Gasteiger partial charge < -0.3 is 4.90 Å². The van der Waals surface area contributed by atoms with Crippen LogP contribution in [0.3, 0.4) is 0 Å². The molecule has 2 atom stereocenters. The Labute approximate surface area is 127 Å². The number of hydrogen-bond acceptors (Lipinski definition) is 2. The fourth-order valence-electron chi connectivity index (χ4n) is 3.77. The summed E-state index contributed by atoms with van der Waals surface area (Å²) in [5, 5.41) is 3.48. The molecular weight excluding hydrogens is 260 g/mol. The zero-order valence-electron chi connectivity index (χ0n) is 13.1. The van der Waals surface area contributed by atoms with Crippen molar-refractivity contribution < 1.29 is 4.79 Å². The van der Waals surface area contributed by atoms with Crippen LogP contribution in [0.5, 0.6) is 0 Å². The average molecular weight is 286 g/mol. The molecule has 1 aromatic rings. The monoisotopic (exact) mass is 286 g/mol. The van der Waals surface area contributed by atoms with Crippen molar-refractivity contribution in [3.05, 3.63) is 35.4 Å². The highest BCUT2D eigenvalue weighted by molar-refractivity contribution is 5.84. The highest BCUT2D eigenvalue weighted by Crippen LogP contribution is 2.31. The Morgan fingerprint density at radius 1 is 1.19 bits per heavy atom. The van der Waals surface area contributed by atoms with E-state index < -0.39 is 0 Å². The second kappa shape index (κ2) is 6.18. The van der Waals surface area contributed by atoms with Crippen LogP contribution in [0.15, 0.2) is 24.3 Å². The number of benzene rings is 1. The van der Waals surface area contributed by atoms with E-state index in [1.165, 1.54) is 43.2 Å². The van der Waals surface area contributed by atoms with E-state index in [1.807, 2.05) is 6.92 Å². The molecule has 2 aliphatic rings. The summed E-state index contributed by atoms with van der Waals surface area (Å²) < 4.78 is 0. The van der Waals surface area contributed by atoms with E-state index in [4.69, 9.17) is 0 Å². The predicted molar refractivity (Wildman–Crippen MR) is 84.8 cm³/mol. The number of rotatable bonds is 3. The SMILES string of the molecule is Cc1ccccc1C1NC(C)C(=O)N1CC1CCCCC1. The largest absolute Gasteiger partial charge is 0.321 e. The molecule has 0 bridgehead atoms. The van der Waals surface area contributed by atoms with E-state index in [9.17, 15) is 4.79 Å². The zero-order chi connectivity index (χ0) is 14.8. The molecule has 2 unspecified atom stereocenters. The minimum atomic E-state index is -0.0711. The Bertz CT molecular complexity index is 508. The molecule has 1 aromatic carbocycles. The normalized spacial score (nSPS) is 27.3. The lowest BCUT2D eigenvalue weighted by atomic mass is 9.88. The van der Waals surface area contributed by atoms with E-state index >= 15 is 0 Å². The van der Waals surface area contributed by atoms with E-state index in [0.29, 0.717) is 5.92 Å². The molecule has 3 heteroatoms. The van der Waals surface area contributed by atoms with Gasteiger partial charge in [0.15, 0.2) is 0 Å².